The SMILES string of the molecule is CC.O=Cc1cccc(C(F)(F)F)c1. The molecule has 0 saturated heterocycles. The van der Waals surface area contributed by atoms with Gasteiger partial charge in [-0.05, 0) is 12.1 Å². The highest BCUT2D eigenvalue weighted by molar-refractivity contribution is 5.74. The molecule has 0 atom stereocenters. The zero-order valence-corrected chi connectivity index (χ0v) is 7.93. The van der Waals surface area contributed by atoms with Gasteiger partial charge in [0.1, 0.15) is 6.29 Å². The summed E-state index contributed by atoms with van der Waals surface area (Å²) in [7, 11) is 0. The largest absolute Gasteiger partial charge is 0.416 e. The predicted octanol–water partition coefficient (Wildman–Crippen LogP) is 3.54. The van der Waals surface area contributed by atoms with Crippen molar-refractivity contribution < 1.29 is 18.0 Å². The van der Waals surface area contributed by atoms with Crippen LogP contribution in [-0.4, -0.2) is 6.29 Å². The van der Waals surface area contributed by atoms with Gasteiger partial charge in [0, 0.05) is 5.56 Å². The summed E-state index contributed by atoms with van der Waals surface area (Å²) >= 11 is 0. The van der Waals surface area contributed by atoms with Gasteiger partial charge in [-0.15, -0.1) is 0 Å². The van der Waals surface area contributed by atoms with Crippen molar-refractivity contribution in [2.75, 3.05) is 0 Å². The van der Waals surface area contributed by atoms with Crippen LogP contribution >= 0.6 is 0 Å². The van der Waals surface area contributed by atoms with E-state index in [2.05, 4.69) is 0 Å². The normalized spacial score (nSPS) is 10.1. The molecule has 0 unspecified atom stereocenters. The summed E-state index contributed by atoms with van der Waals surface area (Å²) in [6.07, 6.45) is -3.99. The molecule has 0 fully saturated rings. The van der Waals surface area contributed by atoms with Crippen LogP contribution in [0.1, 0.15) is 29.8 Å². The molecule has 1 aromatic rings. The van der Waals surface area contributed by atoms with Gasteiger partial charge in [0.2, 0.25) is 0 Å². The van der Waals surface area contributed by atoms with Crippen LogP contribution in [0, 0.1) is 0 Å². The Kier molecular flexibility index (Phi) is 4.91. The first-order valence-corrected chi connectivity index (χ1v) is 4.16. The predicted molar refractivity (Wildman–Crippen MR) is 48.2 cm³/mol. The quantitative estimate of drug-likeness (QED) is 0.639. The van der Waals surface area contributed by atoms with E-state index in [0.717, 1.165) is 12.1 Å². The molecular weight excluding hydrogens is 193 g/mol. The fourth-order valence-electron chi connectivity index (χ4n) is 0.788. The van der Waals surface area contributed by atoms with E-state index in [1.54, 1.807) is 0 Å². The summed E-state index contributed by atoms with van der Waals surface area (Å²) in [4.78, 5) is 10.1. The van der Waals surface area contributed by atoms with Crippen LogP contribution in [0.5, 0.6) is 0 Å². The number of rotatable bonds is 1. The number of alkyl halides is 3. The summed E-state index contributed by atoms with van der Waals surface area (Å²) in [5.74, 6) is 0. The van der Waals surface area contributed by atoms with Crippen molar-refractivity contribution in [3.8, 4) is 0 Å². The Morgan fingerprint density at radius 2 is 1.79 bits per heavy atom. The van der Waals surface area contributed by atoms with Crippen molar-refractivity contribution >= 4 is 6.29 Å². The maximum Gasteiger partial charge on any atom is 0.416 e. The molecule has 0 spiro atoms. The fraction of sp³-hybridized carbons (Fsp3) is 0.300. The molecule has 78 valence electrons. The minimum atomic E-state index is -4.38. The first-order valence-electron chi connectivity index (χ1n) is 4.16. The molecule has 0 amide bonds. The second kappa shape index (κ2) is 5.42. The van der Waals surface area contributed by atoms with Gasteiger partial charge in [0.15, 0.2) is 0 Å². The highest BCUT2D eigenvalue weighted by Crippen LogP contribution is 2.29. The Bertz CT molecular complexity index is 292. The number of aldehydes is 1. The molecule has 4 heteroatoms. The summed E-state index contributed by atoms with van der Waals surface area (Å²) in [6.45, 7) is 4.00. The van der Waals surface area contributed by atoms with Crippen molar-refractivity contribution in [2.45, 2.75) is 20.0 Å². The number of halogens is 3. The van der Waals surface area contributed by atoms with Crippen LogP contribution in [0.3, 0.4) is 0 Å². The first kappa shape index (κ1) is 12.7. The fourth-order valence-corrected chi connectivity index (χ4v) is 0.788. The van der Waals surface area contributed by atoms with Crippen LogP contribution < -0.4 is 0 Å². The maximum absolute atomic E-state index is 12.0. The van der Waals surface area contributed by atoms with Gasteiger partial charge >= 0.3 is 6.18 Å². The van der Waals surface area contributed by atoms with Gasteiger partial charge < -0.3 is 0 Å². The van der Waals surface area contributed by atoms with Crippen molar-refractivity contribution in [3.05, 3.63) is 35.4 Å². The van der Waals surface area contributed by atoms with Gasteiger partial charge in [0.05, 0.1) is 5.56 Å². The average molecular weight is 204 g/mol. The van der Waals surface area contributed by atoms with Gasteiger partial charge in [0.25, 0.3) is 0 Å². The first-order chi connectivity index (χ1) is 6.54. The van der Waals surface area contributed by atoms with E-state index < -0.39 is 11.7 Å². The minimum Gasteiger partial charge on any atom is -0.298 e. The Balaban J connectivity index is 0.000000791. The molecule has 0 bridgehead atoms. The zero-order valence-electron chi connectivity index (χ0n) is 7.93. The number of hydrogen-bond acceptors (Lipinski definition) is 1. The molecule has 0 aliphatic carbocycles. The Morgan fingerprint density at radius 3 is 2.21 bits per heavy atom. The van der Waals surface area contributed by atoms with E-state index in [4.69, 9.17) is 0 Å². The van der Waals surface area contributed by atoms with Gasteiger partial charge in [-0.2, -0.15) is 13.2 Å². The summed E-state index contributed by atoms with van der Waals surface area (Å²) in [5, 5.41) is 0. The molecule has 0 saturated carbocycles. The van der Waals surface area contributed by atoms with Gasteiger partial charge in [-0.1, -0.05) is 26.0 Å². The van der Waals surface area contributed by atoms with Crippen molar-refractivity contribution in [2.24, 2.45) is 0 Å². The van der Waals surface area contributed by atoms with E-state index in [1.165, 1.54) is 12.1 Å². The second-order valence-corrected chi connectivity index (χ2v) is 2.24. The second-order valence-electron chi connectivity index (χ2n) is 2.24. The van der Waals surface area contributed by atoms with E-state index in [1.807, 2.05) is 13.8 Å². The molecule has 1 aromatic carbocycles. The van der Waals surface area contributed by atoms with Crippen molar-refractivity contribution in [3.63, 3.8) is 0 Å². The van der Waals surface area contributed by atoms with E-state index >= 15 is 0 Å². The maximum atomic E-state index is 12.0. The molecule has 0 aliphatic heterocycles. The van der Waals surface area contributed by atoms with Gasteiger partial charge in [-0.3, -0.25) is 4.79 Å². The van der Waals surface area contributed by atoms with Crippen LogP contribution in [0.25, 0.3) is 0 Å². The number of hydrogen-bond donors (Lipinski definition) is 0. The summed E-state index contributed by atoms with van der Waals surface area (Å²) in [5.41, 5.74) is -0.767. The topological polar surface area (TPSA) is 17.1 Å². The Morgan fingerprint density at radius 1 is 1.21 bits per heavy atom. The number of carbonyl (C=O) groups excluding carboxylic acids is 1. The molecule has 0 N–H and O–H groups in total. The Hall–Kier alpha value is -1.32. The third-order valence-corrected chi connectivity index (χ3v) is 1.35. The van der Waals surface area contributed by atoms with Crippen molar-refractivity contribution in [1.29, 1.82) is 0 Å². The lowest BCUT2D eigenvalue weighted by Gasteiger charge is -2.05. The molecule has 14 heavy (non-hydrogen) atoms. The van der Waals surface area contributed by atoms with Crippen LogP contribution in [-0.2, 0) is 6.18 Å². The molecule has 0 radical (unpaired) electrons. The number of carbonyl (C=O) groups is 1. The third kappa shape index (κ3) is 3.60. The molecule has 1 rings (SSSR count). The average Bonchev–Trinajstić information content (AvgIpc) is 2.20. The minimum absolute atomic E-state index is 0.0322. The van der Waals surface area contributed by atoms with E-state index in [-0.39, 0.29) is 5.56 Å². The van der Waals surface area contributed by atoms with E-state index in [9.17, 15) is 18.0 Å². The lowest BCUT2D eigenvalue weighted by molar-refractivity contribution is -0.137. The number of benzene rings is 1. The third-order valence-electron chi connectivity index (χ3n) is 1.35. The van der Waals surface area contributed by atoms with Crippen LogP contribution in [0.2, 0.25) is 0 Å². The molecule has 0 aromatic heterocycles. The molecule has 1 nitrogen and oxygen atoms in total. The lowest BCUT2D eigenvalue weighted by atomic mass is 10.1. The van der Waals surface area contributed by atoms with Crippen LogP contribution in [0.15, 0.2) is 24.3 Å². The molecule has 0 aliphatic rings. The summed E-state index contributed by atoms with van der Waals surface area (Å²) in [6, 6.07) is 4.26. The highest BCUT2D eigenvalue weighted by atomic mass is 19.4. The van der Waals surface area contributed by atoms with Crippen molar-refractivity contribution in [1.82, 2.24) is 0 Å². The van der Waals surface area contributed by atoms with Gasteiger partial charge in [-0.25, -0.2) is 0 Å². The highest BCUT2D eigenvalue weighted by Gasteiger charge is 2.30. The zero-order chi connectivity index (χ0) is 11.2. The summed E-state index contributed by atoms with van der Waals surface area (Å²) < 4.78 is 36.0. The van der Waals surface area contributed by atoms with E-state index in [0.29, 0.717) is 6.29 Å². The smallest absolute Gasteiger partial charge is 0.298 e. The monoisotopic (exact) mass is 204 g/mol. The standard InChI is InChI=1S/C8H5F3O.C2H6/c9-8(10,11)7-3-1-2-6(4-7)5-12;1-2/h1-5H;1-2H3. The lowest BCUT2D eigenvalue weighted by Crippen LogP contribution is -2.04. The molecule has 0 heterocycles. The Labute approximate surface area is 80.6 Å². The molecular formula is C10H11F3O. The van der Waals surface area contributed by atoms with Crippen LogP contribution in [0.4, 0.5) is 13.2 Å².